The first-order valence-electron chi connectivity index (χ1n) is 4.91. The van der Waals surface area contributed by atoms with E-state index in [0.717, 1.165) is 13.0 Å². The summed E-state index contributed by atoms with van der Waals surface area (Å²) in [5, 5.41) is 8.92. The lowest BCUT2D eigenvalue weighted by atomic mass is 10.1. The molecule has 1 N–H and O–H groups in total. The van der Waals surface area contributed by atoms with Crippen molar-refractivity contribution in [2.75, 3.05) is 27.3 Å². The molecule has 0 saturated carbocycles. The van der Waals surface area contributed by atoms with Crippen LogP contribution in [-0.2, 0) is 9.53 Å². The average Bonchev–Trinajstić information content (AvgIpc) is 2.09. The van der Waals surface area contributed by atoms with Crippen LogP contribution in [0.3, 0.4) is 0 Å². The van der Waals surface area contributed by atoms with E-state index < -0.39 is 12.0 Å². The molecule has 0 aliphatic carbocycles. The maximum absolute atomic E-state index is 10.9. The highest BCUT2D eigenvalue weighted by molar-refractivity contribution is 5.73. The molecule has 4 nitrogen and oxygen atoms in total. The summed E-state index contributed by atoms with van der Waals surface area (Å²) < 4.78 is 4.87. The van der Waals surface area contributed by atoms with Crippen molar-refractivity contribution < 1.29 is 14.6 Å². The highest BCUT2D eigenvalue weighted by atomic mass is 16.5. The van der Waals surface area contributed by atoms with Crippen molar-refractivity contribution in [2.45, 2.75) is 26.3 Å². The maximum atomic E-state index is 10.9. The van der Waals surface area contributed by atoms with Crippen molar-refractivity contribution in [3.63, 3.8) is 0 Å². The van der Waals surface area contributed by atoms with Crippen LogP contribution >= 0.6 is 0 Å². The summed E-state index contributed by atoms with van der Waals surface area (Å²) in [6.07, 6.45) is 1.00. The topological polar surface area (TPSA) is 49.8 Å². The highest BCUT2D eigenvalue weighted by Crippen LogP contribution is 2.04. The minimum atomic E-state index is -0.821. The van der Waals surface area contributed by atoms with Crippen LogP contribution in [0.15, 0.2) is 0 Å². The molecule has 0 saturated heterocycles. The number of carbonyl (C=O) groups is 1. The maximum Gasteiger partial charge on any atom is 0.323 e. The van der Waals surface area contributed by atoms with Crippen LogP contribution in [0.1, 0.15) is 20.3 Å². The van der Waals surface area contributed by atoms with E-state index in [1.807, 2.05) is 11.9 Å². The Morgan fingerprint density at radius 2 is 2.07 bits per heavy atom. The second kappa shape index (κ2) is 6.79. The first-order chi connectivity index (χ1) is 6.49. The number of carboxylic acids is 1. The molecular formula is C10H21NO3. The predicted octanol–water partition coefficient (Wildman–Crippen LogP) is 1.06. The Bertz CT molecular complexity index is 171. The van der Waals surface area contributed by atoms with E-state index in [1.54, 1.807) is 0 Å². The summed E-state index contributed by atoms with van der Waals surface area (Å²) >= 11 is 0. The Labute approximate surface area is 85.9 Å². The Morgan fingerprint density at radius 3 is 2.43 bits per heavy atom. The number of nitrogens with zero attached hydrogens (tertiary/aromatic N) is 1. The molecule has 0 heterocycles. The van der Waals surface area contributed by atoms with Gasteiger partial charge in [-0.15, -0.1) is 0 Å². The zero-order valence-electron chi connectivity index (χ0n) is 9.49. The molecule has 0 aliphatic rings. The molecule has 1 unspecified atom stereocenters. The summed E-state index contributed by atoms with van der Waals surface area (Å²) in [5.74, 6) is -0.229. The average molecular weight is 203 g/mol. The summed E-state index contributed by atoms with van der Waals surface area (Å²) in [6.45, 7) is 5.28. The molecule has 0 aromatic rings. The van der Waals surface area contributed by atoms with E-state index in [9.17, 15) is 4.79 Å². The number of hydrogen-bond donors (Lipinski definition) is 1. The Hall–Kier alpha value is -0.610. The van der Waals surface area contributed by atoms with Gasteiger partial charge < -0.3 is 9.84 Å². The molecule has 0 spiro atoms. The van der Waals surface area contributed by atoms with Crippen LogP contribution in [0.2, 0.25) is 0 Å². The van der Waals surface area contributed by atoms with Crippen molar-refractivity contribution in [3.05, 3.63) is 0 Å². The lowest BCUT2D eigenvalue weighted by Crippen LogP contribution is -2.42. The van der Waals surface area contributed by atoms with Crippen LogP contribution in [0, 0.1) is 5.92 Å². The van der Waals surface area contributed by atoms with Crippen LogP contribution in [0.4, 0.5) is 0 Å². The Balaban J connectivity index is 4.01. The third-order valence-electron chi connectivity index (χ3n) is 2.20. The van der Waals surface area contributed by atoms with Gasteiger partial charge in [0.2, 0.25) is 0 Å². The normalized spacial score (nSPS) is 13.6. The van der Waals surface area contributed by atoms with Gasteiger partial charge in [0.15, 0.2) is 0 Å². The third-order valence-corrected chi connectivity index (χ3v) is 2.20. The van der Waals surface area contributed by atoms with E-state index in [1.165, 1.54) is 7.11 Å². The number of aliphatic carboxylic acids is 1. The van der Waals surface area contributed by atoms with Gasteiger partial charge in [0.05, 0.1) is 6.61 Å². The molecule has 0 fully saturated rings. The minimum Gasteiger partial charge on any atom is -0.480 e. The summed E-state index contributed by atoms with van der Waals surface area (Å²) in [7, 11) is 3.34. The van der Waals surface area contributed by atoms with Gasteiger partial charge in [-0.05, 0) is 25.9 Å². The second-order valence-corrected chi connectivity index (χ2v) is 3.97. The molecule has 0 bridgehead atoms. The lowest BCUT2D eigenvalue weighted by Gasteiger charge is -2.24. The fraction of sp³-hybridized carbons (Fsp3) is 0.900. The van der Waals surface area contributed by atoms with Crippen molar-refractivity contribution in [1.29, 1.82) is 0 Å². The quantitative estimate of drug-likeness (QED) is 0.672. The molecule has 0 amide bonds. The predicted molar refractivity (Wildman–Crippen MR) is 55.4 cm³/mol. The summed E-state index contributed by atoms with van der Waals surface area (Å²) in [6, 6.07) is -0.529. The number of methoxy groups -OCH3 is 1. The van der Waals surface area contributed by atoms with E-state index in [4.69, 9.17) is 9.84 Å². The van der Waals surface area contributed by atoms with Gasteiger partial charge in [0, 0.05) is 7.11 Å². The van der Waals surface area contributed by atoms with E-state index in [0.29, 0.717) is 5.92 Å². The number of likely N-dealkylation sites (N-methyl/N-ethyl adjacent to an activating group) is 1. The number of rotatable bonds is 7. The SMILES string of the molecule is COCC(C(=O)O)N(C)CCC(C)C. The standard InChI is InChI=1S/C10H21NO3/c1-8(2)5-6-11(3)9(7-14-4)10(12)13/h8-9H,5-7H2,1-4H3,(H,12,13). The van der Waals surface area contributed by atoms with Crippen molar-refractivity contribution >= 4 is 5.97 Å². The third kappa shape index (κ3) is 5.19. The van der Waals surface area contributed by atoms with Crippen LogP contribution in [-0.4, -0.2) is 49.3 Å². The fourth-order valence-corrected chi connectivity index (χ4v) is 1.16. The fourth-order valence-electron chi connectivity index (χ4n) is 1.16. The highest BCUT2D eigenvalue weighted by Gasteiger charge is 2.21. The molecule has 1 atom stereocenters. The van der Waals surface area contributed by atoms with Crippen LogP contribution in [0.25, 0.3) is 0 Å². The van der Waals surface area contributed by atoms with Gasteiger partial charge in [-0.3, -0.25) is 9.69 Å². The summed E-state index contributed by atoms with van der Waals surface area (Å²) in [5.41, 5.74) is 0. The van der Waals surface area contributed by atoms with Crippen LogP contribution < -0.4 is 0 Å². The molecule has 0 aliphatic heterocycles. The van der Waals surface area contributed by atoms with Gasteiger partial charge >= 0.3 is 5.97 Å². The van der Waals surface area contributed by atoms with E-state index in [-0.39, 0.29) is 6.61 Å². The van der Waals surface area contributed by atoms with Crippen molar-refractivity contribution in [1.82, 2.24) is 4.90 Å². The van der Waals surface area contributed by atoms with E-state index in [2.05, 4.69) is 13.8 Å². The Morgan fingerprint density at radius 1 is 1.50 bits per heavy atom. The number of hydrogen-bond acceptors (Lipinski definition) is 3. The molecular weight excluding hydrogens is 182 g/mol. The van der Waals surface area contributed by atoms with Gasteiger partial charge in [-0.2, -0.15) is 0 Å². The minimum absolute atomic E-state index is 0.240. The van der Waals surface area contributed by atoms with Gasteiger partial charge in [-0.1, -0.05) is 13.8 Å². The largest absolute Gasteiger partial charge is 0.480 e. The van der Waals surface area contributed by atoms with Crippen LogP contribution in [0.5, 0.6) is 0 Å². The second-order valence-electron chi connectivity index (χ2n) is 3.97. The first-order valence-corrected chi connectivity index (χ1v) is 4.91. The van der Waals surface area contributed by atoms with Gasteiger partial charge in [0.25, 0.3) is 0 Å². The zero-order valence-corrected chi connectivity index (χ0v) is 9.49. The molecule has 4 heteroatoms. The van der Waals surface area contributed by atoms with Gasteiger partial charge in [-0.25, -0.2) is 0 Å². The molecule has 0 rings (SSSR count). The lowest BCUT2D eigenvalue weighted by molar-refractivity contribution is -0.144. The number of ether oxygens (including phenoxy) is 1. The van der Waals surface area contributed by atoms with E-state index >= 15 is 0 Å². The van der Waals surface area contributed by atoms with Crippen molar-refractivity contribution in [2.24, 2.45) is 5.92 Å². The smallest absolute Gasteiger partial charge is 0.323 e. The first kappa shape index (κ1) is 13.4. The Kier molecular flexibility index (Phi) is 6.49. The molecule has 84 valence electrons. The molecule has 0 radical (unpaired) electrons. The zero-order chi connectivity index (χ0) is 11.1. The van der Waals surface area contributed by atoms with Gasteiger partial charge in [0.1, 0.15) is 6.04 Å². The summed E-state index contributed by atoms with van der Waals surface area (Å²) in [4.78, 5) is 12.7. The number of carboxylic acid groups (broad SMARTS) is 1. The molecule has 0 aromatic carbocycles. The molecule has 0 aromatic heterocycles. The van der Waals surface area contributed by atoms with Crippen molar-refractivity contribution in [3.8, 4) is 0 Å². The molecule has 14 heavy (non-hydrogen) atoms. The monoisotopic (exact) mass is 203 g/mol.